The molecular weight excluding hydrogens is 292 g/mol. The summed E-state index contributed by atoms with van der Waals surface area (Å²) < 4.78 is 1.79. The molecule has 0 saturated heterocycles. The van der Waals surface area contributed by atoms with Crippen molar-refractivity contribution in [1.29, 1.82) is 0 Å². The van der Waals surface area contributed by atoms with Gasteiger partial charge in [-0.2, -0.15) is 0 Å². The Morgan fingerprint density at radius 1 is 1.30 bits per heavy atom. The van der Waals surface area contributed by atoms with Crippen LogP contribution in [0.5, 0.6) is 0 Å². The molecule has 0 aliphatic carbocycles. The first-order chi connectivity index (χ1) is 11.0. The predicted molar refractivity (Wildman–Crippen MR) is 86.9 cm³/mol. The van der Waals surface area contributed by atoms with Gasteiger partial charge >= 0.3 is 0 Å². The highest BCUT2D eigenvalue weighted by molar-refractivity contribution is 5.96. The van der Waals surface area contributed by atoms with Crippen LogP contribution in [-0.4, -0.2) is 32.1 Å². The molecule has 0 spiro atoms. The van der Waals surface area contributed by atoms with Crippen LogP contribution in [0.25, 0.3) is 11.2 Å². The highest BCUT2D eigenvalue weighted by Gasteiger charge is 2.23. The molecule has 3 aromatic rings. The molecule has 3 rings (SSSR count). The van der Waals surface area contributed by atoms with Crippen LogP contribution in [0.1, 0.15) is 22.8 Å². The Kier molecular flexibility index (Phi) is 3.83. The molecule has 1 aromatic carbocycles. The van der Waals surface area contributed by atoms with Gasteiger partial charge in [0.05, 0.1) is 18.4 Å². The lowest BCUT2D eigenvalue weighted by molar-refractivity contribution is 0.0526. The van der Waals surface area contributed by atoms with E-state index in [1.807, 2.05) is 37.4 Å². The Morgan fingerprint density at radius 3 is 2.78 bits per heavy atom. The van der Waals surface area contributed by atoms with E-state index in [9.17, 15) is 9.90 Å². The van der Waals surface area contributed by atoms with Crippen LogP contribution in [0.3, 0.4) is 0 Å². The van der Waals surface area contributed by atoms with Gasteiger partial charge < -0.3 is 15.0 Å². The molecule has 23 heavy (non-hydrogen) atoms. The lowest BCUT2D eigenvalue weighted by Gasteiger charge is -2.24. The molecule has 0 bridgehead atoms. The predicted octanol–water partition coefficient (Wildman–Crippen LogP) is 1.61. The molecule has 0 saturated carbocycles. The van der Waals surface area contributed by atoms with Crippen molar-refractivity contribution >= 4 is 17.1 Å². The second kappa shape index (κ2) is 5.81. The maximum Gasteiger partial charge on any atom is 0.253 e. The van der Waals surface area contributed by atoms with Crippen molar-refractivity contribution in [2.75, 3.05) is 6.54 Å². The molecule has 0 radical (unpaired) electrons. The number of imidazole rings is 1. The molecular formula is C17H18N4O2. The zero-order valence-electron chi connectivity index (χ0n) is 13.0. The summed E-state index contributed by atoms with van der Waals surface area (Å²) >= 11 is 0. The highest BCUT2D eigenvalue weighted by atomic mass is 16.3. The van der Waals surface area contributed by atoms with E-state index in [-0.39, 0.29) is 12.5 Å². The zero-order chi connectivity index (χ0) is 16.4. The summed E-state index contributed by atoms with van der Waals surface area (Å²) in [5.41, 5.74) is 1.41. The van der Waals surface area contributed by atoms with E-state index in [1.165, 1.54) is 6.20 Å². The van der Waals surface area contributed by atoms with Gasteiger partial charge in [-0.3, -0.25) is 4.79 Å². The van der Waals surface area contributed by atoms with Crippen LogP contribution >= 0.6 is 0 Å². The molecule has 2 aromatic heterocycles. The van der Waals surface area contributed by atoms with Gasteiger partial charge in [0.1, 0.15) is 11.1 Å². The number of pyridine rings is 1. The number of carbonyl (C=O) groups excluding carboxylic acids is 1. The molecule has 2 N–H and O–H groups in total. The average Bonchev–Trinajstić information content (AvgIpc) is 2.94. The Hall–Kier alpha value is -2.73. The van der Waals surface area contributed by atoms with E-state index in [1.54, 1.807) is 23.9 Å². The molecule has 6 heteroatoms. The van der Waals surface area contributed by atoms with Gasteiger partial charge in [-0.05, 0) is 18.6 Å². The number of benzene rings is 1. The first kappa shape index (κ1) is 15.2. The number of carbonyl (C=O) groups is 1. The molecule has 0 aliphatic heterocycles. The van der Waals surface area contributed by atoms with Crippen LogP contribution in [0, 0.1) is 0 Å². The van der Waals surface area contributed by atoms with E-state index >= 15 is 0 Å². The van der Waals surface area contributed by atoms with Crippen molar-refractivity contribution in [1.82, 2.24) is 19.9 Å². The minimum Gasteiger partial charge on any atom is -0.384 e. The van der Waals surface area contributed by atoms with Gasteiger partial charge in [0.25, 0.3) is 5.91 Å². The van der Waals surface area contributed by atoms with Gasteiger partial charge in [-0.1, -0.05) is 30.3 Å². The Labute approximate surface area is 133 Å². The number of aryl methyl sites for hydroxylation is 1. The zero-order valence-corrected chi connectivity index (χ0v) is 13.0. The first-order valence-electron chi connectivity index (χ1n) is 7.30. The summed E-state index contributed by atoms with van der Waals surface area (Å²) in [6, 6.07) is 10.9. The number of nitrogens with zero attached hydrogens (tertiary/aromatic N) is 3. The van der Waals surface area contributed by atoms with Crippen molar-refractivity contribution in [3.8, 4) is 0 Å². The summed E-state index contributed by atoms with van der Waals surface area (Å²) in [5.74, 6) is -0.291. The standard InChI is InChI=1S/C17H18N4O2/c1-17(23,13-6-4-3-5-7-13)10-19-16(22)12-8-14-15(18-9-12)21(2)11-20-14/h3-9,11,23H,10H2,1-2H3,(H,19,22). The molecule has 0 aliphatic rings. The quantitative estimate of drug-likeness (QED) is 0.767. The maximum absolute atomic E-state index is 12.3. The number of hydrogen-bond donors (Lipinski definition) is 2. The topological polar surface area (TPSA) is 80.0 Å². The smallest absolute Gasteiger partial charge is 0.253 e. The average molecular weight is 310 g/mol. The molecule has 2 heterocycles. The number of hydrogen-bond acceptors (Lipinski definition) is 4. The third-order valence-corrected chi connectivity index (χ3v) is 3.80. The number of amides is 1. The number of aromatic nitrogens is 3. The Morgan fingerprint density at radius 2 is 2.04 bits per heavy atom. The molecule has 1 unspecified atom stereocenters. The molecule has 0 fully saturated rings. The van der Waals surface area contributed by atoms with E-state index in [0.29, 0.717) is 11.1 Å². The number of rotatable bonds is 4. The minimum atomic E-state index is -1.14. The SMILES string of the molecule is Cn1cnc2cc(C(=O)NCC(C)(O)c3ccccc3)cnc21. The van der Waals surface area contributed by atoms with Gasteiger partial charge in [0.15, 0.2) is 5.65 Å². The fraction of sp³-hybridized carbons (Fsp3) is 0.235. The molecule has 6 nitrogen and oxygen atoms in total. The minimum absolute atomic E-state index is 0.107. The van der Waals surface area contributed by atoms with E-state index in [4.69, 9.17) is 0 Å². The summed E-state index contributed by atoms with van der Waals surface area (Å²) in [6.07, 6.45) is 3.16. The highest BCUT2D eigenvalue weighted by Crippen LogP contribution is 2.19. The van der Waals surface area contributed by atoms with E-state index in [2.05, 4.69) is 15.3 Å². The van der Waals surface area contributed by atoms with Gasteiger partial charge in [0.2, 0.25) is 0 Å². The molecule has 1 amide bonds. The van der Waals surface area contributed by atoms with Gasteiger partial charge in [-0.15, -0.1) is 0 Å². The fourth-order valence-corrected chi connectivity index (χ4v) is 2.39. The van der Waals surface area contributed by atoms with E-state index in [0.717, 1.165) is 11.2 Å². The van der Waals surface area contributed by atoms with Gasteiger partial charge in [-0.25, -0.2) is 9.97 Å². The summed E-state index contributed by atoms with van der Waals surface area (Å²) in [5, 5.41) is 13.3. The largest absolute Gasteiger partial charge is 0.384 e. The number of nitrogens with one attached hydrogen (secondary N) is 1. The Balaban J connectivity index is 1.73. The van der Waals surface area contributed by atoms with Crippen molar-refractivity contribution in [2.45, 2.75) is 12.5 Å². The van der Waals surface area contributed by atoms with Crippen molar-refractivity contribution in [2.24, 2.45) is 7.05 Å². The third-order valence-electron chi connectivity index (χ3n) is 3.80. The summed E-state index contributed by atoms with van der Waals surface area (Å²) in [6.45, 7) is 1.78. The van der Waals surface area contributed by atoms with Crippen molar-refractivity contribution < 1.29 is 9.90 Å². The van der Waals surface area contributed by atoms with Crippen LogP contribution in [0.15, 0.2) is 48.9 Å². The third kappa shape index (κ3) is 3.07. The number of aliphatic hydroxyl groups is 1. The van der Waals surface area contributed by atoms with Crippen molar-refractivity contribution in [3.63, 3.8) is 0 Å². The second-order valence-corrected chi connectivity index (χ2v) is 5.74. The second-order valence-electron chi connectivity index (χ2n) is 5.74. The summed E-state index contributed by atoms with van der Waals surface area (Å²) in [4.78, 5) is 20.7. The number of fused-ring (bicyclic) bond motifs is 1. The van der Waals surface area contributed by atoms with Crippen LogP contribution < -0.4 is 5.32 Å². The first-order valence-corrected chi connectivity index (χ1v) is 7.30. The van der Waals surface area contributed by atoms with E-state index < -0.39 is 5.60 Å². The molecule has 118 valence electrons. The lowest BCUT2D eigenvalue weighted by atomic mass is 9.96. The maximum atomic E-state index is 12.3. The van der Waals surface area contributed by atoms with Crippen LogP contribution in [0.2, 0.25) is 0 Å². The lowest BCUT2D eigenvalue weighted by Crippen LogP contribution is -2.38. The molecule has 1 atom stereocenters. The Bertz CT molecular complexity index is 840. The normalized spacial score (nSPS) is 13.7. The van der Waals surface area contributed by atoms with Gasteiger partial charge in [0, 0.05) is 13.2 Å². The summed E-state index contributed by atoms with van der Waals surface area (Å²) in [7, 11) is 1.85. The fourth-order valence-electron chi connectivity index (χ4n) is 2.39. The monoisotopic (exact) mass is 310 g/mol. The van der Waals surface area contributed by atoms with Crippen molar-refractivity contribution in [3.05, 3.63) is 60.0 Å². The van der Waals surface area contributed by atoms with Crippen LogP contribution in [-0.2, 0) is 12.6 Å². The van der Waals surface area contributed by atoms with Crippen LogP contribution in [0.4, 0.5) is 0 Å².